The number of hydrogen-bond donors (Lipinski definition) is 0. The molecule has 4 heteroatoms. The highest BCUT2D eigenvalue weighted by Gasteiger charge is 2.44. The lowest BCUT2D eigenvalue weighted by Gasteiger charge is -2.34. The van der Waals surface area contributed by atoms with Gasteiger partial charge in [0.05, 0.1) is 20.3 Å². The molecular weight excluding hydrogens is 220 g/mol. The molecule has 1 atom stereocenters. The highest BCUT2D eigenvalue weighted by molar-refractivity contribution is 5.69. The predicted octanol–water partition coefficient (Wildman–Crippen LogP) is 2.26. The summed E-state index contributed by atoms with van der Waals surface area (Å²) in [5, 5.41) is 0. The van der Waals surface area contributed by atoms with E-state index in [1.54, 1.807) is 0 Å². The van der Waals surface area contributed by atoms with Crippen molar-refractivity contribution in [1.82, 2.24) is 0 Å². The molecule has 0 radical (unpaired) electrons. The van der Waals surface area contributed by atoms with Crippen LogP contribution in [0.3, 0.4) is 0 Å². The first kappa shape index (κ1) is 12.8. The Bertz CT molecular complexity index is 258. The average Bonchev–Trinajstić information content (AvgIpc) is 2.72. The van der Waals surface area contributed by atoms with Crippen LogP contribution in [0.4, 0.5) is 0 Å². The van der Waals surface area contributed by atoms with Crippen LogP contribution >= 0.6 is 0 Å². The third-order valence-corrected chi connectivity index (χ3v) is 3.90. The molecule has 0 bridgehead atoms. The monoisotopic (exact) mass is 242 g/mol. The average molecular weight is 242 g/mol. The Morgan fingerprint density at radius 1 is 1.29 bits per heavy atom. The number of methoxy groups -OCH3 is 1. The summed E-state index contributed by atoms with van der Waals surface area (Å²) < 4.78 is 16.4. The minimum atomic E-state index is -0.398. The maximum Gasteiger partial charge on any atom is 0.305 e. The molecule has 2 aliphatic rings. The number of hydrogen-bond acceptors (Lipinski definition) is 4. The van der Waals surface area contributed by atoms with Gasteiger partial charge in [0.2, 0.25) is 0 Å². The molecule has 0 aromatic carbocycles. The Hall–Kier alpha value is -0.610. The van der Waals surface area contributed by atoms with Crippen molar-refractivity contribution in [2.24, 2.45) is 5.92 Å². The Balaban J connectivity index is 1.97. The van der Waals surface area contributed by atoms with Crippen LogP contribution in [0, 0.1) is 5.92 Å². The highest BCUT2D eigenvalue weighted by Crippen LogP contribution is 2.41. The minimum Gasteiger partial charge on any atom is -0.469 e. The normalized spacial score (nSPS) is 27.9. The van der Waals surface area contributed by atoms with Crippen molar-refractivity contribution in [3.63, 3.8) is 0 Å². The van der Waals surface area contributed by atoms with Crippen LogP contribution in [0.5, 0.6) is 0 Å². The number of carbonyl (C=O) groups is 1. The fraction of sp³-hybridized carbons (Fsp3) is 0.923. The maximum atomic E-state index is 11.2. The fourth-order valence-electron chi connectivity index (χ4n) is 2.97. The Labute approximate surface area is 103 Å². The third-order valence-electron chi connectivity index (χ3n) is 3.90. The molecule has 0 amide bonds. The Kier molecular flexibility index (Phi) is 4.40. The number of rotatable bonds is 3. The smallest absolute Gasteiger partial charge is 0.305 e. The molecule has 1 saturated carbocycles. The zero-order valence-corrected chi connectivity index (χ0v) is 10.6. The fourth-order valence-corrected chi connectivity index (χ4v) is 2.97. The van der Waals surface area contributed by atoms with Crippen LogP contribution in [-0.4, -0.2) is 32.1 Å². The highest BCUT2D eigenvalue weighted by atomic mass is 16.7. The van der Waals surface area contributed by atoms with E-state index in [9.17, 15) is 4.79 Å². The standard InChI is InChI=1S/C13H22O4/c1-15-12(14)7-6-11-5-3-2-4-8-13(11)16-9-10-17-13/h11H,2-10H2,1H3. The van der Waals surface area contributed by atoms with E-state index in [0.717, 1.165) is 25.7 Å². The molecule has 2 fully saturated rings. The molecule has 1 unspecified atom stereocenters. The lowest BCUT2D eigenvalue weighted by atomic mass is 9.89. The second kappa shape index (κ2) is 5.83. The summed E-state index contributed by atoms with van der Waals surface area (Å²) in [6.07, 6.45) is 6.95. The molecule has 17 heavy (non-hydrogen) atoms. The van der Waals surface area contributed by atoms with Gasteiger partial charge in [0.15, 0.2) is 5.79 Å². The van der Waals surface area contributed by atoms with Crippen molar-refractivity contribution in [2.75, 3.05) is 20.3 Å². The largest absolute Gasteiger partial charge is 0.469 e. The van der Waals surface area contributed by atoms with Gasteiger partial charge >= 0.3 is 5.97 Å². The Morgan fingerprint density at radius 3 is 2.76 bits per heavy atom. The topological polar surface area (TPSA) is 44.8 Å². The zero-order chi connectivity index (χ0) is 12.1. The zero-order valence-electron chi connectivity index (χ0n) is 10.6. The van der Waals surface area contributed by atoms with Gasteiger partial charge in [-0.05, 0) is 19.3 Å². The van der Waals surface area contributed by atoms with Crippen molar-refractivity contribution in [2.45, 2.75) is 50.7 Å². The van der Waals surface area contributed by atoms with Gasteiger partial charge in [-0.1, -0.05) is 12.8 Å². The molecule has 4 nitrogen and oxygen atoms in total. The molecule has 1 heterocycles. The lowest BCUT2D eigenvalue weighted by molar-refractivity contribution is -0.201. The molecular formula is C13H22O4. The van der Waals surface area contributed by atoms with Crippen LogP contribution in [0.25, 0.3) is 0 Å². The van der Waals surface area contributed by atoms with Crippen molar-refractivity contribution in [3.8, 4) is 0 Å². The van der Waals surface area contributed by atoms with E-state index in [2.05, 4.69) is 0 Å². The molecule has 1 spiro atoms. The summed E-state index contributed by atoms with van der Waals surface area (Å²) in [7, 11) is 1.44. The number of carbonyl (C=O) groups excluding carboxylic acids is 1. The Morgan fingerprint density at radius 2 is 2.06 bits per heavy atom. The molecule has 1 aliphatic carbocycles. The van der Waals surface area contributed by atoms with Crippen molar-refractivity contribution >= 4 is 5.97 Å². The van der Waals surface area contributed by atoms with Crippen molar-refractivity contribution in [1.29, 1.82) is 0 Å². The summed E-state index contributed by atoms with van der Waals surface area (Å²) in [4.78, 5) is 11.2. The summed E-state index contributed by atoms with van der Waals surface area (Å²) in [5.41, 5.74) is 0. The second-order valence-electron chi connectivity index (χ2n) is 4.92. The van der Waals surface area contributed by atoms with Gasteiger partial charge in [-0.2, -0.15) is 0 Å². The molecule has 98 valence electrons. The van der Waals surface area contributed by atoms with Gasteiger partial charge in [-0.15, -0.1) is 0 Å². The molecule has 0 aromatic heterocycles. The predicted molar refractivity (Wildman–Crippen MR) is 62.5 cm³/mol. The van der Waals surface area contributed by atoms with E-state index in [-0.39, 0.29) is 5.97 Å². The number of esters is 1. The van der Waals surface area contributed by atoms with Crippen molar-refractivity contribution in [3.05, 3.63) is 0 Å². The van der Waals surface area contributed by atoms with E-state index in [1.807, 2.05) is 0 Å². The van der Waals surface area contributed by atoms with Gasteiger partial charge in [-0.3, -0.25) is 4.79 Å². The molecule has 0 N–H and O–H groups in total. The van der Waals surface area contributed by atoms with E-state index >= 15 is 0 Å². The van der Waals surface area contributed by atoms with Crippen LogP contribution in [-0.2, 0) is 19.0 Å². The first-order chi connectivity index (χ1) is 8.27. The summed E-state index contributed by atoms with van der Waals surface area (Å²) >= 11 is 0. The first-order valence-electron chi connectivity index (χ1n) is 6.61. The molecule has 1 aliphatic heterocycles. The third kappa shape index (κ3) is 2.99. The van der Waals surface area contributed by atoms with Gasteiger partial charge in [-0.25, -0.2) is 0 Å². The van der Waals surface area contributed by atoms with E-state index in [0.29, 0.717) is 25.6 Å². The van der Waals surface area contributed by atoms with Crippen LogP contribution in [0.1, 0.15) is 44.9 Å². The van der Waals surface area contributed by atoms with E-state index in [4.69, 9.17) is 14.2 Å². The minimum absolute atomic E-state index is 0.137. The van der Waals surface area contributed by atoms with Gasteiger partial charge in [0, 0.05) is 18.8 Å². The number of ether oxygens (including phenoxy) is 3. The SMILES string of the molecule is COC(=O)CCC1CCCCCC12OCCO2. The van der Waals surface area contributed by atoms with Crippen LogP contribution in [0.2, 0.25) is 0 Å². The summed E-state index contributed by atoms with van der Waals surface area (Å²) in [6, 6.07) is 0. The van der Waals surface area contributed by atoms with Crippen LogP contribution < -0.4 is 0 Å². The van der Waals surface area contributed by atoms with Gasteiger partial charge < -0.3 is 14.2 Å². The molecule has 0 aromatic rings. The van der Waals surface area contributed by atoms with E-state index < -0.39 is 5.79 Å². The quantitative estimate of drug-likeness (QED) is 0.712. The molecule has 2 rings (SSSR count). The lowest BCUT2D eigenvalue weighted by Crippen LogP contribution is -2.38. The summed E-state index contributed by atoms with van der Waals surface area (Å²) in [5.74, 6) is -0.196. The van der Waals surface area contributed by atoms with Gasteiger partial charge in [0.25, 0.3) is 0 Å². The van der Waals surface area contributed by atoms with E-state index in [1.165, 1.54) is 20.0 Å². The second-order valence-corrected chi connectivity index (χ2v) is 4.92. The molecule has 1 saturated heterocycles. The van der Waals surface area contributed by atoms with Gasteiger partial charge in [0.1, 0.15) is 0 Å². The van der Waals surface area contributed by atoms with Crippen LogP contribution in [0.15, 0.2) is 0 Å². The summed E-state index contributed by atoms with van der Waals surface area (Å²) in [6.45, 7) is 1.38. The first-order valence-corrected chi connectivity index (χ1v) is 6.61. The van der Waals surface area contributed by atoms with Crippen molar-refractivity contribution < 1.29 is 19.0 Å². The maximum absolute atomic E-state index is 11.2.